The number of benzene rings is 2. The van der Waals surface area contributed by atoms with Crippen LogP contribution in [0.15, 0.2) is 81.5 Å². The number of carboxylic acid groups (broad SMARTS) is 4. The molecule has 0 radical (unpaired) electrons. The number of piperazine rings is 1. The molecular formula is C30H37N3O8S2. The maximum absolute atomic E-state index is 9.55. The van der Waals surface area contributed by atoms with Crippen molar-refractivity contribution in [2.75, 3.05) is 57.0 Å². The lowest BCUT2D eigenvalue weighted by Gasteiger charge is -2.35. The van der Waals surface area contributed by atoms with Crippen LogP contribution in [-0.2, 0) is 19.2 Å². The third kappa shape index (κ3) is 13.4. The number of carboxylic acids is 4. The van der Waals surface area contributed by atoms with Gasteiger partial charge in [-0.15, -0.1) is 11.8 Å². The maximum Gasteiger partial charge on any atom is 0.328 e. The van der Waals surface area contributed by atoms with Gasteiger partial charge in [-0.3, -0.25) is 0 Å². The Morgan fingerprint density at radius 1 is 0.767 bits per heavy atom. The summed E-state index contributed by atoms with van der Waals surface area (Å²) in [4.78, 5) is 49.9. The smallest absolute Gasteiger partial charge is 0.328 e. The molecule has 1 saturated heterocycles. The van der Waals surface area contributed by atoms with Crippen molar-refractivity contribution >= 4 is 58.8 Å². The van der Waals surface area contributed by atoms with Crippen molar-refractivity contribution in [1.82, 2.24) is 9.80 Å². The SMILES string of the molecule is CCSc1ccc2c(c1)N(CCCN1CCN(C)CC1)c1ccccc1S2.O=C(O)C=CC(=O)O.O=C(O)C=CC(=O)O. The number of fused-ring (bicyclic) bond motifs is 2. The van der Waals surface area contributed by atoms with Crippen LogP contribution in [0.1, 0.15) is 13.3 Å². The molecule has 0 aromatic heterocycles. The lowest BCUT2D eigenvalue weighted by molar-refractivity contribution is -0.134. The number of hydrogen-bond acceptors (Lipinski definition) is 9. The zero-order valence-electron chi connectivity index (χ0n) is 24.1. The Morgan fingerprint density at radius 3 is 1.84 bits per heavy atom. The molecule has 0 bridgehead atoms. The van der Waals surface area contributed by atoms with Gasteiger partial charge >= 0.3 is 23.9 Å². The first-order valence-electron chi connectivity index (χ1n) is 13.5. The van der Waals surface area contributed by atoms with Crippen LogP contribution in [0.2, 0.25) is 0 Å². The molecule has 232 valence electrons. The van der Waals surface area contributed by atoms with Crippen LogP contribution in [0.4, 0.5) is 11.4 Å². The topological polar surface area (TPSA) is 159 Å². The third-order valence-corrected chi connectivity index (χ3v) is 8.10. The van der Waals surface area contributed by atoms with Crippen LogP contribution in [0.5, 0.6) is 0 Å². The first-order chi connectivity index (χ1) is 20.5. The summed E-state index contributed by atoms with van der Waals surface area (Å²) in [5.41, 5.74) is 2.75. The number of aliphatic carboxylic acids is 4. The second-order valence-electron chi connectivity index (χ2n) is 9.30. The monoisotopic (exact) mass is 631 g/mol. The van der Waals surface area contributed by atoms with E-state index in [4.69, 9.17) is 20.4 Å². The molecular weight excluding hydrogens is 594 g/mol. The highest BCUT2D eigenvalue weighted by Gasteiger charge is 2.23. The summed E-state index contributed by atoms with van der Waals surface area (Å²) in [5.74, 6) is -3.91. The first-order valence-corrected chi connectivity index (χ1v) is 15.3. The molecule has 0 unspecified atom stereocenters. The Bertz CT molecular complexity index is 1240. The van der Waals surface area contributed by atoms with Crippen molar-refractivity contribution in [2.24, 2.45) is 0 Å². The van der Waals surface area contributed by atoms with Crippen molar-refractivity contribution in [3.8, 4) is 0 Å². The van der Waals surface area contributed by atoms with Gasteiger partial charge in [-0.05, 0) is 56.1 Å². The number of anilines is 2. The first kappa shape index (κ1) is 35.4. The normalized spacial score (nSPS) is 14.6. The van der Waals surface area contributed by atoms with Crippen molar-refractivity contribution in [3.63, 3.8) is 0 Å². The Hall–Kier alpha value is -3.78. The molecule has 2 heterocycles. The van der Waals surface area contributed by atoms with E-state index in [1.54, 1.807) is 0 Å². The fourth-order valence-electron chi connectivity index (χ4n) is 4.12. The number of para-hydroxylation sites is 1. The van der Waals surface area contributed by atoms with Gasteiger partial charge in [0.2, 0.25) is 0 Å². The summed E-state index contributed by atoms with van der Waals surface area (Å²) in [5, 5.41) is 31.2. The Balaban J connectivity index is 0.000000334. The van der Waals surface area contributed by atoms with E-state index in [1.165, 1.54) is 65.2 Å². The summed E-state index contributed by atoms with van der Waals surface area (Å²) in [6.07, 6.45) is 3.43. The lowest BCUT2D eigenvalue weighted by atomic mass is 10.2. The second-order valence-corrected chi connectivity index (χ2v) is 11.7. The minimum absolute atomic E-state index is 0.558. The molecule has 0 atom stereocenters. The van der Waals surface area contributed by atoms with Gasteiger partial charge in [0.05, 0.1) is 11.4 Å². The van der Waals surface area contributed by atoms with Crippen LogP contribution in [0.3, 0.4) is 0 Å². The Kier molecular flexibility index (Phi) is 15.4. The van der Waals surface area contributed by atoms with Crippen LogP contribution >= 0.6 is 23.5 Å². The van der Waals surface area contributed by atoms with Gasteiger partial charge in [0.1, 0.15) is 0 Å². The summed E-state index contributed by atoms with van der Waals surface area (Å²) >= 11 is 3.84. The zero-order chi connectivity index (χ0) is 31.8. The van der Waals surface area contributed by atoms with Gasteiger partial charge in [-0.2, -0.15) is 0 Å². The van der Waals surface area contributed by atoms with Gasteiger partial charge in [-0.25, -0.2) is 19.2 Å². The predicted octanol–water partition coefficient (Wildman–Crippen LogP) is 4.46. The molecule has 4 N–H and O–H groups in total. The van der Waals surface area contributed by atoms with Crippen LogP contribution < -0.4 is 4.90 Å². The number of thioether (sulfide) groups is 1. The minimum Gasteiger partial charge on any atom is -0.478 e. The molecule has 2 aliphatic heterocycles. The van der Waals surface area contributed by atoms with Gasteiger partial charge in [0.15, 0.2) is 0 Å². The maximum atomic E-state index is 9.55. The molecule has 0 amide bonds. The van der Waals surface area contributed by atoms with Gasteiger partial charge < -0.3 is 35.1 Å². The highest BCUT2D eigenvalue weighted by molar-refractivity contribution is 8.00. The molecule has 1 fully saturated rings. The highest BCUT2D eigenvalue weighted by atomic mass is 32.2. The third-order valence-electron chi connectivity index (χ3n) is 6.10. The summed E-state index contributed by atoms with van der Waals surface area (Å²) in [6, 6.07) is 15.8. The molecule has 2 aromatic carbocycles. The average molecular weight is 632 g/mol. The summed E-state index contributed by atoms with van der Waals surface area (Å²) in [7, 11) is 2.22. The fraction of sp³-hybridized carbons (Fsp3) is 0.333. The van der Waals surface area contributed by atoms with E-state index in [0.717, 1.165) is 12.3 Å². The molecule has 2 aromatic rings. The number of nitrogens with zero attached hydrogens (tertiary/aromatic N) is 3. The van der Waals surface area contributed by atoms with Crippen molar-refractivity contribution < 1.29 is 39.6 Å². The number of hydrogen-bond donors (Lipinski definition) is 4. The van der Waals surface area contributed by atoms with E-state index < -0.39 is 23.9 Å². The van der Waals surface area contributed by atoms with Crippen LogP contribution in [0, 0.1) is 0 Å². The second kappa shape index (κ2) is 18.7. The van der Waals surface area contributed by atoms with E-state index in [-0.39, 0.29) is 0 Å². The van der Waals surface area contributed by atoms with Crippen LogP contribution in [0.25, 0.3) is 0 Å². The number of carbonyl (C=O) groups is 4. The molecule has 13 heteroatoms. The Labute approximate surface area is 259 Å². The van der Waals surface area contributed by atoms with Crippen molar-refractivity contribution in [3.05, 3.63) is 66.8 Å². The highest BCUT2D eigenvalue weighted by Crippen LogP contribution is 2.49. The molecule has 0 saturated carbocycles. The predicted molar refractivity (Wildman–Crippen MR) is 168 cm³/mol. The van der Waals surface area contributed by atoms with Crippen molar-refractivity contribution in [2.45, 2.75) is 28.0 Å². The van der Waals surface area contributed by atoms with Gasteiger partial charge in [-0.1, -0.05) is 30.8 Å². The fourth-order valence-corrected chi connectivity index (χ4v) is 5.88. The molecule has 2 aliphatic rings. The van der Waals surface area contributed by atoms with E-state index >= 15 is 0 Å². The standard InChI is InChI=1S/C22H29N3S2.2C4H4O4/c1-3-26-18-9-10-22-20(17-18)25(19-7-4-5-8-21(19)27-22)12-6-11-24-15-13-23(2)14-16-24;2*5-3(6)1-2-4(7)8/h4-5,7-10,17H,3,6,11-16H2,1-2H3;2*1-2H,(H,5,6)(H,7,8). The largest absolute Gasteiger partial charge is 0.478 e. The van der Waals surface area contributed by atoms with E-state index in [9.17, 15) is 19.2 Å². The van der Waals surface area contributed by atoms with E-state index in [0.29, 0.717) is 24.3 Å². The molecule has 43 heavy (non-hydrogen) atoms. The Morgan fingerprint density at radius 2 is 1.30 bits per heavy atom. The number of rotatable bonds is 10. The molecule has 11 nitrogen and oxygen atoms in total. The summed E-state index contributed by atoms with van der Waals surface area (Å²) in [6.45, 7) is 9.30. The van der Waals surface area contributed by atoms with Gasteiger partial charge in [0, 0.05) is 71.7 Å². The lowest BCUT2D eigenvalue weighted by Crippen LogP contribution is -2.45. The molecule has 4 rings (SSSR count). The van der Waals surface area contributed by atoms with Crippen LogP contribution in [-0.4, -0.2) is 106 Å². The van der Waals surface area contributed by atoms with Gasteiger partial charge in [0.25, 0.3) is 0 Å². The quantitative estimate of drug-likeness (QED) is 0.215. The zero-order valence-corrected chi connectivity index (χ0v) is 25.7. The van der Waals surface area contributed by atoms with Crippen molar-refractivity contribution in [1.29, 1.82) is 0 Å². The number of likely N-dealkylation sites (N-methyl/N-ethyl adjacent to an activating group) is 1. The minimum atomic E-state index is -1.26. The molecule has 0 spiro atoms. The van der Waals surface area contributed by atoms with E-state index in [1.807, 2.05) is 23.5 Å². The van der Waals surface area contributed by atoms with E-state index in [2.05, 4.69) is 71.1 Å². The average Bonchev–Trinajstić information content (AvgIpc) is 2.96. The molecule has 0 aliphatic carbocycles. The summed E-state index contributed by atoms with van der Waals surface area (Å²) < 4.78 is 0.